The Morgan fingerprint density at radius 1 is 1.14 bits per heavy atom. The Balaban J connectivity index is 1.74. The van der Waals surface area contributed by atoms with E-state index >= 15 is 0 Å². The summed E-state index contributed by atoms with van der Waals surface area (Å²) in [6.45, 7) is 5.86. The first-order valence-corrected chi connectivity index (χ1v) is 9.09. The van der Waals surface area contributed by atoms with Gasteiger partial charge in [0.05, 0.1) is 35.5 Å². The first-order chi connectivity index (χ1) is 13.4. The van der Waals surface area contributed by atoms with E-state index < -0.39 is 0 Å². The van der Waals surface area contributed by atoms with Gasteiger partial charge in [0.25, 0.3) is 5.91 Å². The van der Waals surface area contributed by atoms with Crippen LogP contribution in [0.15, 0.2) is 54.9 Å². The van der Waals surface area contributed by atoms with E-state index in [9.17, 15) is 9.59 Å². The van der Waals surface area contributed by atoms with Crippen LogP contribution >= 0.6 is 0 Å². The van der Waals surface area contributed by atoms with E-state index in [1.807, 2.05) is 45.0 Å². The molecule has 2 N–H and O–H groups in total. The van der Waals surface area contributed by atoms with Crippen LogP contribution in [0, 0.1) is 12.8 Å². The summed E-state index contributed by atoms with van der Waals surface area (Å²) in [5, 5.41) is 10.2. The fourth-order valence-corrected chi connectivity index (χ4v) is 2.56. The van der Waals surface area contributed by atoms with Gasteiger partial charge < -0.3 is 10.6 Å². The molecule has 2 amide bonds. The molecule has 0 saturated heterocycles. The van der Waals surface area contributed by atoms with Crippen LogP contribution in [0.4, 0.5) is 5.69 Å². The van der Waals surface area contributed by atoms with Crippen LogP contribution < -0.4 is 10.6 Å². The van der Waals surface area contributed by atoms with Crippen molar-refractivity contribution in [3.05, 3.63) is 71.8 Å². The second-order valence-corrected chi connectivity index (χ2v) is 6.77. The Labute approximate surface area is 163 Å². The summed E-state index contributed by atoms with van der Waals surface area (Å²) >= 11 is 0. The number of hydrogen-bond donors (Lipinski definition) is 2. The second kappa shape index (κ2) is 8.47. The number of rotatable bonds is 6. The molecule has 144 valence electrons. The lowest BCUT2D eigenvalue weighted by Crippen LogP contribution is -2.23. The van der Waals surface area contributed by atoms with Gasteiger partial charge in [-0.05, 0) is 37.3 Å². The van der Waals surface area contributed by atoms with Crippen molar-refractivity contribution < 1.29 is 9.59 Å². The quantitative estimate of drug-likeness (QED) is 0.691. The smallest absolute Gasteiger partial charge is 0.251 e. The van der Waals surface area contributed by atoms with Crippen molar-refractivity contribution in [1.82, 2.24) is 20.1 Å². The number of carbonyl (C=O) groups is 2. The van der Waals surface area contributed by atoms with E-state index in [0.717, 1.165) is 11.4 Å². The molecule has 7 heteroatoms. The molecular formula is C21H23N5O2. The van der Waals surface area contributed by atoms with Gasteiger partial charge in [-0.1, -0.05) is 26.0 Å². The fraction of sp³-hybridized carbons (Fsp3) is 0.238. The number of hydrogen-bond acceptors (Lipinski definition) is 4. The van der Waals surface area contributed by atoms with Crippen LogP contribution in [0.3, 0.4) is 0 Å². The minimum Gasteiger partial charge on any atom is -0.346 e. The van der Waals surface area contributed by atoms with Crippen molar-refractivity contribution in [2.45, 2.75) is 27.3 Å². The molecule has 0 saturated carbocycles. The van der Waals surface area contributed by atoms with Crippen molar-refractivity contribution in [2.75, 3.05) is 5.32 Å². The van der Waals surface area contributed by atoms with E-state index in [1.54, 1.807) is 35.3 Å². The summed E-state index contributed by atoms with van der Waals surface area (Å²) < 4.78 is 1.65. The summed E-state index contributed by atoms with van der Waals surface area (Å²) in [7, 11) is 0. The Morgan fingerprint density at radius 2 is 1.96 bits per heavy atom. The summed E-state index contributed by atoms with van der Waals surface area (Å²) in [4.78, 5) is 28.6. The molecule has 0 aliphatic heterocycles. The third kappa shape index (κ3) is 4.62. The zero-order valence-electron chi connectivity index (χ0n) is 16.1. The Kier molecular flexibility index (Phi) is 5.84. The van der Waals surface area contributed by atoms with Crippen LogP contribution in [0.25, 0.3) is 5.69 Å². The van der Waals surface area contributed by atoms with Crippen molar-refractivity contribution in [2.24, 2.45) is 5.92 Å². The topological polar surface area (TPSA) is 88.9 Å². The van der Waals surface area contributed by atoms with Crippen LogP contribution in [0.2, 0.25) is 0 Å². The third-order valence-corrected chi connectivity index (χ3v) is 4.21. The third-order valence-electron chi connectivity index (χ3n) is 4.21. The van der Waals surface area contributed by atoms with Gasteiger partial charge in [0.2, 0.25) is 5.91 Å². The van der Waals surface area contributed by atoms with Gasteiger partial charge in [-0.3, -0.25) is 14.6 Å². The van der Waals surface area contributed by atoms with Gasteiger partial charge in [-0.25, -0.2) is 4.68 Å². The summed E-state index contributed by atoms with van der Waals surface area (Å²) in [6, 6.07) is 12.7. The zero-order chi connectivity index (χ0) is 20.1. The van der Waals surface area contributed by atoms with Gasteiger partial charge in [-0.15, -0.1) is 0 Å². The first kappa shape index (κ1) is 19.3. The average Bonchev–Trinajstić information content (AvgIpc) is 3.07. The minimum absolute atomic E-state index is 0.0645. The lowest BCUT2D eigenvalue weighted by molar-refractivity contribution is -0.118. The predicted molar refractivity (Wildman–Crippen MR) is 107 cm³/mol. The maximum absolute atomic E-state index is 12.5. The number of carbonyl (C=O) groups excluding carboxylic acids is 2. The lowest BCUT2D eigenvalue weighted by Gasteiger charge is -2.07. The number of amides is 2. The largest absolute Gasteiger partial charge is 0.346 e. The molecule has 2 aromatic heterocycles. The highest BCUT2D eigenvalue weighted by molar-refractivity contribution is 5.95. The monoisotopic (exact) mass is 377 g/mol. The Morgan fingerprint density at radius 3 is 2.68 bits per heavy atom. The van der Waals surface area contributed by atoms with Gasteiger partial charge in [-0.2, -0.15) is 5.10 Å². The number of nitrogens with zero attached hydrogens (tertiary/aromatic N) is 3. The lowest BCUT2D eigenvalue weighted by atomic mass is 10.2. The van der Waals surface area contributed by atoms with Gasteiger partial charge in [0, 0.05) is 17.7 Å². The van der Waals surface area contributed by atoms with Crippen LogP contribution in [0.5, 0.6) is 0 Å². The van der Waals surface area contributed by atoms with E-state index in [0.29, 0.717) is 23.5 Å². The SMILES string of the molecule is Cc1nn(-c2cccc(C(=O)NCc3ccccn3)c2)cc1NC(=O)C(C)C. The van der Waals surface area contributed by atoms with Crippen LogP contribution in [-0.2, 0) is 11.3 Å². The molecule has 2 heterocycles. The number of nitrogens with one attached hydrogen (secondary N) is 2. The number of aromatic nitrogens is 3. The van der Waals surface area contributed by atoms with E-state index in [4.69, 9.17) is 0 Å². The minimum atomic E-state index is -0.190. The molecule has 0 bridgehead atoms. The number of pyridine rings is 1. The van der Waals surface area contributed by atoms with Gasteiger partial charge >= 0.3 is 0 Å². The van der Waals surface area contributed by atoms with Crippen molar-refractivity contribution in [3.63, 3.8) is 0 Å². The molecule has 0 aliphatic carbocycles. The van der Waals surface area contributed by atoms with E-state index in [2.05, 4.69) is 20.7 Å². The maximum Gasteiger partial charge on any atom is 0.251 e. The normalized spacial score (nSPS) is 10.7. The molecule has 0 aliphatic rings. The molecule has 28 heavy (non-hydrogen) atoms. The highest BCUT2D eigenvalue weighted by atomic mass is 16.2. The molecule has 0 unspecified atom stereocenters. The van der Waals surface area contributed by atoms with Crippen molar-refractivity contribution >= 4 is 17.5 Å². The molecule has 7 nitrogen and oxygen atoms in total. The highest BCUT2D eigenvalue weighted by Gasteiger charge is 2.13. The zero-order valence-corrected chi connectivity index (χ0v) is 16.1. The van der Waals surface area contributed by atoms with Crippen molar-refractivity contribution in [3.8, 4) is 5.69 Å². The van der Waals surface area contributed by atoms with Gasteiger partial charge in [0.1, 0.15) is 0 Å². The molecule has 3 aromatic rings. The summed E-state index contributed by atoms with van der Waals surface area (Å²) in [5.74, 6) is -0.371. The molecular weight excluding hydrogens is 354 g/mol. The average molecular weight is 377 g/mol. The first-order valence-electron chi connectivity index (χ1n) is 9.09. The van der Waals surface area contributed by atoms with E-state index in [1.165, 1.54) is 0 Å². The fourth-order valence-electron chi connectivity index (χ4n) is 2.56. The Bertz CT molecular complexity index is 979. The maximum atomic E-state index is 12.5. The molecule has 0 fully saturated rings. The molecule has 3 rings (SSSR count). The second-order valence-electron chi connectivity index (χ2n) is 6.77. The van der Waals surface area contributed by atoms with Crippen molar-refractivity contribution in [1.29, 1.82) is 0 Å². The van der Waals surface area contributed by atoms with Crippen LogP contribution in [-0.4, -0.2) is 26.6 Å². The summed E-state index contributed by atoms with van der Waals surface area (Å²) in [6.07, 6.45) is 3.44. The highest BCUT2D eigenvalue weighted by Crippen LogP contribution is 2.18. The molecule has 0 spiro atoms. The number of aryl methyl sites for hydroxylation is 1. The molecule has 0 atom stereocenters. The molecule has 0 radical (unpaired) electrons. The predicted octanol–water partition coefficient (Wildman–Crippen LogP) is 3.10. The van der Waals surface area contributed by atoms with Gasteiger partial charge in [0.15, 0.2) is 0 Å². The van der Waals surface area contributed by atoms with Crippen LogP contribution in [0.1, 0.15) is 35.6 Å². The number of benzene rings is 1. The molecule has 1 aromatic carbocycles. The Hall–Kier alpha value is -3.48. The standard InChI is InChI=1S/C21H23N5O2/c1-14(2)20(27)24-19-13-26(25-15(19)3)18-9-6-7-16(11-18)21(28)23-12-17-8-4-5-10-22-17/h4-11,13-14H,12H2,1-3H3,(H,23,28)(H,24,27). The van der Waals surface area contributed by atoms with E-state index in [-0.39, 0.29) is 17.7 Å². The number of anilines is 1. The summed E-state index contributed by atoms with van der Waals surface area (Å²) in [5.41, 5.74) is 3.41.